The van der Waals surface area contributed by atoms with E-state index in [1.165, 1.54) is 17.7 Å². The number of nitrogens with one attached hydrogen (secondary N) is 2. The molecule has 0 spiro atoms. The Morgan fingerprint density at radius 2 is 1.82 bits per heavy atom. The number of nitrogens with two attached hydrogens (primary N) is 1. The average molecular weight is 641 g/mol. The summed E-state index contributed by atoms with van der Waals surface area (Å²) in [5.41, 5.74) is 10.0. The number of carbonyl (C=O) groups is 3. The molecule has 2 aliphatic heterocycles. The molecule has 1 aromatic heterocycles. The summed E-state index contributed by atoms with van der Waals surface area (Å²) in [5, 5.41) is 16.4. The van der Waals surface area contributed by atoms with Crippen molar-refractivity contribution in [3.8, 4) is 10.4 Å². The number of likely N-dealkylation sites (tertiary alicyclic amines) is 2. The van der Waals surface area contributed by atoms with E-state index in [2.05, 4.69) is 20.5 Å². The Labute approximate surface area is 272 Å². The number of thiazole rings is 1. The summed E-state index contributed by atoms with van der Waals surface area (Å²) in [6.07, 6.45) is 4.80. The summed E-state index contributed by atoms with van der Waals surface area (Å²) >= 11 is 1.59. The van der Waals surface area contributed by atoms with Gasteiger partial charge in [0, 0.05) is 25.9 Å². The molecule has 1 aromatic carbocycles. The minimum atomic E-state index is -0.808. The van der Waals surface area contributed by atoms with Crippen LogP contribution in [0, 0.1) is 18.3 Å². The fourth-order valence-corrected chi connectivity index (χ4v) is 7.07. The number of amides is 3. The second-order valence-corrected chi connectivity index (χ2v) is 14.6. The Balaban J connectivity index is 1.26. The number of carbonyl (C=O) groups excluding carboxylic acids is 3. The third kappa shape index (κ3) is 9.81. The number of aliphatic hydroxyl groups excluding tert-OH is 1. The molecule has 0 radical (unpaired) electrons. The lowest BCUT2D eigenvalue weighted by Gasteiger charge is -2.35. The molecule has 2 saturated heterocycles. The maximum atomic E-state index is 13.8. The van der Waals surface area contributed by atoms with Crippen LogP contribution in [0.4, 0.5) is 0 Å². The first-order chi connectivity index (χ1) is 21.5. The molecule has 2 fully saturated rings. The number of unbranched alkanes of at least 4 members (excludes halogenated alkanes) is 2. The monoisotopic (exact) mass is 640 g/mol. The van der Waals surface area contributed by atoms with Crippen LogP contribution < -0.4 is 16.4 Å². The molecule has 10 nitrogen and oxygen atoms in total. The van der Waals surface area contributed by atoms with Gasteiger partial charge in [0.05, 0.1) is 22.2 Å². The molecular formula is C34H52N6O4S. The summed E-state index contributed by atoms with van der Waals surface area (Å²) in [6, 6.07) is 6.36. The van der Waals surface area contributed by atoms with Crippen LogP contribution in [-0.2, 0) is 20.9 Å². The van der Waals surface area contributed by atoms with Crippen molar-refractivity contribution in [1.29, 1.82) is 0 Å². The van der Waals surface area contributed by atoms with E-state index < -0.39 is 23.6 Å². The molecule has 3 atom stereocenters. The van der Waals surface area contributed by atoms with Crippen molar-refractivity contribution in [3.63, 3.8) is 0 Å². The Morgan fingerprint density at radius 3 is 2.44 bits per heavy atom. The van der Waals surface area contributed by atoms with Gasteiger partial charge in [-0.25, -0.2) is 4.98 Å². The summed E-state index contributed by atoms with van der Waals surface area (Å²) < 4.78 is 0. The molecule has 248 valence electrons. The van der Waals surface area contributed by atoms with Gasteiger partial charge in [0.25, 0.3) is 0 Å². The number of nitrogens with zero attached hydrogens (tertiary/aromatic N) is 3. The van der Waals surface area contributed by atoms with E-state index in [9.17, 15) is 19.5 Å². The second-order valence-electron chi connectivity index (χ2n) is 13.8. The zero-order chi connectivity index (χ0) is 32.6. The van der Waals surface area contributed by atoms with Crippen LogP contribution in [0.5, 0.6) is 0 Å². The van der Waals surface area contributed by atoms with Crippen LogP contribution in [0.2, 0.25) is 0 Å². The number of rotatable bonds is 13. The normalized spacial score (nSPS) is 20.3. The lowest BCUT2D eigenvalue weighted by molar-refractivity contribution is -0.144. The molecule has 3 heterocycles. The number of aromatic nitrogens is 1. The highest BCUT2D eigenvalue weighted by atomic mass is 32.1. The highest BCUT2D eigenvalue weighted by Crippen LogP contribution is 2.28. The molecule has 11 heteroatoms. The van der Waals surface area contributed by atoms with Crippen LogP contribution in [0.15, 0.2) is 29.8 Å². The number of hydrogen-bond acceptors (Lipinski definition) is 8. The Kier molecular flexibility index (Phi) is 12.5. The molecular weight excluding hydrogens is 588 g/mol. The predicted octanol–water partition coefficient (Wildman–Crippen LogP) is 3.46. The van der Waals surface area contributed by atoms with Gasteiger partial charge in [-0.15, -0.1) is 11.3 Å². The van der Waals surface area contributed by atoms with E-state index in [1.54, 1.807) is 11.3 Å². The molecule has 0 saturated carbocycles. The summed E-state index contributed by atoms with van der Waals surface area (Å²) in [7, 11) is 0. The van der Waals surface area contributed by atoms with Crippen LogP contribution >= 0.6 is 11.3 Å². The summed E-state index contributed by atoms with van der Waals surface area (Å²) in [4.78, 5) is 49.5. The highest BCUT2D eigenvalue weighted by molar-refractivity contribution is 7.13. The maximum absolute atomic E-state index is 13.8. The van der Waals surface area contributed by atoms with Crippen molar-refractivity contribution in [3.05, 3.63) is 41.0 Å². The Morgan fingerprint density at radius 1 is 1.11 bits per heavy atom. The summed E-state index contributed by atoms with van der Waals surface area (Å²) in [6.45, 7) is 12.1. The van der Waals surface area contributed by atoms with Gasteiger partial charge in [0.15, 0.2) is 0 Å². The number of piperidine rings is 1. The number of aliphatic hydroxyl groups is 1. The van der Waals surface area contributed by atoms with E-state index in [-0.39, 0.29) is 30.7 Å². The first-order valence-electron chi connectivity index (χ1n) is 16.4. The van der Waals surface area contributed by atoms with Crippen molar-refractivity contribution in [1.82, 2.24) is 25.4 Å². The molecule has 5 N–H and O–H groups in total. The standard InChI is InChI=1S/C34H52N6O4S/c1-23-30(45-22-37-23)26-11-9-25(10-12-26)20-36-32(43)28-18-27(41)21-40(28)33(44)31(34(2,3)4)38-29(42)8-6-5-7-15-39-16-13-24(19-35)14-17-39/h9-12,22,24,27-28,31,41H,5-8,13-21,35H2,1-4H3,(H,36,43)(H,38,42)/t27-,28+,31?/m1/s1. The molecule has 0 aliphatic carbocycles. The lowest BCUT2D eigenvalue weighted by atomic mass is 9.85. The number of β-amino-alcohol motifs (C(OH)–C–C–N with tert-alkyl or cyclic N) is 1. The van der Waals surface area contributed by atoms with Crippen LogP contribution in [-0.4, -0.2) is 88.5 Å². The first-order valence-corrected chi connectivity index (χ1v) is 17.3. The van der Waals surface area contributed by atoms with Crippen LogP contribution in [0.25, 0.3) is 10.4 Å². The second kappa shape index (κ2) is 16.1. The molecule has 0 bridgehead atoms. The SMILES string of the molecule is Cc1ncsc1-c1ccc(CNC(=O)[C@@H]2C[C@@H](O)CN2C(=O)C(NC(=O)CCCCCN2CCC(CN)CC2)C(C)(C)C)cc1. The van der Waals surface area contributed by atoms with E-state index in [0.717, 1.165) is 67.1 Å². The van der Waals surface area contributed by atoms with Crippen molar-refractivity contribution in [2.24, 2.45) is 17.1 Å². The van der Waals surface area contributed by atoms with Crippen molar-refractivity contribution in [2.75, 3.05) is 32.7 Å². The molecule has 45 heavy (non-hydrogen) atoms. The van der Waals surface area contributed by atoms with Crippen molar-refractivity contribution < 1.29 is 19.5 Å². The summed E-state index contributed by atoms with van der Waals surface area (Å²) in [5.74, 6) is -0.157. The molecule has 2 aliphatic rings. The minimum Gasteiger partial charge on any atom is -0.391 e. The number of hydrogen-bond donors (Lipinski definition) is 4. The third-order valence-corrected chi connectivity index (χ3v) is 10.1. The van der Waals surface area contributed by atoms with E-state index in [0.29, 0.717) is 18.9 Å². The molecule has 4 rings (SSSR count). The Bertz CT molecular complexity index is 1270. The smallest absolute Gasteiger partial charge is 0.246 e. The zero-order valence-electron chi connectivity index (χ0n) is 27.4. The molecule has 2 aromatic rings. The first kappa shape index (κ1) is 35.0. The topological polar surface area (TPSA) is 141 Å². The van der Waals surface area contributed by atoms with Gasteiger partial charge in [0.1, 0.15) is 12.1 Å². The Hall–Kier alpha value is -2.86. The minimum absolute atomic E-state index is 0.0603. The third-order valence-electron chi connectivity index (χ3n) is 9.13. The van der Waals surface area contributed by atoms with Gasteiger partial charge in [-0.2, -0.15) is 0 Å². The van der Waals surface area contributed by atoms with Crippen LogP contribution in [0.1, 0.15) is 77.0 Å². The van der Waals surface area contributed by atoms with Crippen molar-refractivity contribution in [2.45, 2.75) is 97.4 Å². The zero-order valence-corrected chi connectivity index (χ0v) is 28.2. The van der Waals surface area contributed by atoms with Gasteiger partial charge in [0.2, 0.25) is 17.7 Å². The van der Waals surface area contributed by atoms with Gasteiger partial charge in [-0.05, 0) is 81.2 Å². The van der Waals surface area contributed by atoms with Gasteiger partial charge in [-0.1, -0.05) is 51.5 Å². The molecule has 3 amide bonds. The largest absolute Gasteiger partial charge is 0.391 e. The number of benzene rings is 1. The number of aryl methyl sites for hydroxylation is 1. The quantitative estimate of drug-likeness (QED) is 0.246. The van der Waals surface area contributed by atoms with E-state index in [4.69, 9.17) is 5.73 Å². The lowest BCUT2D eigenvalue weighted by Crippen LogP contribution is -2.57. The maximum Gasteiger partial charge on any atom is 0.246 e. The fourth-order valence-electron chi connectivity index (χ4n) is 6.26. The van der Waals surface area contributed by atoms with E-state index in [1.807, 2.05) is 57.5 Å². The predicted molar refractivity (Wildman–Crippen MR) is 178 cm³/mol. The highest BCUT2D eigenvalue weighted by Gasteiger charge is 2.44. The van der Waals surface area contributed by atoms with Gasteiger partial charge in [-0.3, -0.25) is 14.4 Å². The van der Waals surface area contributed by atoms with Crippen molar-refractivity contribution >= 4 is 29.1 Å². The van der Waals surface area contributed by atoms with Gasteiger partial charge >= 0.3 is 0 Å². The van der Waals surface area contributed by atoms with Gasteiger partial charge < -0.3 is 31.3 Å². The van der Waals surface area contributed by atoms with Crippen LogP contribution in [0.3, 0.4) is 0 Å². The average Bonchev–Trinajstić information content (AvgIpc) is 3.63. The van der Waals surface area contributed by atoms with E-state index >= 15 is 0 Å². The molecule has 1 unspecified atom stereocenters. The fraction of sp³-hybridized carbons (Fsp3) is 0.647.